The lowest BCUT2D eigenvalue weighted by molar-refractivity contribution is -0.137. The van der Waals surface area contributed by atoms with E-state index in [2.05, 4.69) is 10.00 Å². The van der Waals surface area contributed by atoms with E-state index in [1.807, 2.05) is 7.05 Å². The fourth-order valence-corrected chi connectivity index (χ4v) is 5.15. The summed E-state index contributed by atoms with van der Waals surface area (Å²) in [6, 6.07) is 3.40. The van der Waals surface area contributed by atoms with Crippen LogP contribution in [0.1, 0.15) is 30.9 Å². The van der Waals surface area contributed by atoms with Gasteiger partial charge in [0.1, 0.15) is 0 Å². The highest BCUT2D eigenvalue weighted by Crippen LogP contribution is 2.41. The lowest BCUT2D eigenvalue weighted by atomic mass is 10.0. The monoisotopic (exact) mass is 497 g/mol. The van der Waals surface area contributed by atoms with Gasteiger partial charge in [-0.2, -0.15) is 23.0 Å². The van der Waals surface area contributed by atoms with Gasteiger partial charge in [-0.25, -0.2) is 4.79 Å². The molecule has 1 aromatic heterocycles. The summed E-state index contributed by atoms with van der Waals surface area (Å²) in [5.74, 6) is 0.496. The quantitative estimate of drug-likeness (QED) is 0.630. The van der Waals surface area contributed by atoms with Gasteiger partial charge in [-0.05, 0) is 55.5 Å². The maximum atomic E-state index is 13.1. The van der Waals surface area contributed by atoms with E-state index >= 15 is 0 Å². The number of fused-ring (bicyclic) bond motifs is 1. The number of hydrogen-bond donors (Lipinski definition) is 0. The van der Waals surface area contributed by atoms with E-state index in [1.54, 1.807) is 18.1 Å². The van der Waals surface area contributed by atoms with Gasteiger partial charge in [0.05, 0.1) is 23.6 Å². The number of likely N-dealkylation sites (tertiary alicyclic amines) is 1. The Bertz CT molecular complexity index is 1070. The summed E-state index contributed by atoms with van der Waals surface area (Å²) in [6.07, 6.45) is 0.348. The van der Waals surface area contributed by atoms with Gasteiger partial charge in [-0.1, -0.05) is 11.6 Å². The van der Waals surface area contributed by atoms with Gasteiger partial charge in [-0.3, -0.25) is 9.69 Å². The molecule has 7 nitrogen and oxygen atoms in total. The third-order valence-electron chi connectivity index (χ3n) is 7.04. The largest absolute Gasteiger partial charge is 0.416 e. The van der Waals surface area contributed by atoms with E-state index < -0.39 is 11.7 Å². The first-order valence-corrected chi connectivity index (χ1v) is 11.5. The normalized spacial score (nSPS) is 22.4. The van der Waals surface area contributed by atoms with Crippen molar-refractivity contribution < 1.29 is 22.8 Å². The second kappa shape index (κ2) is 9.22. The van der Waals surface area contributed by atoms with Crippen LogP contribution in [-0.2, 0) is 17.5 Å². The minimum Gasteiger partial charge on any atom is -0.322 e. The van der Waals surface area contributed by atoms with E-state index in [0.717, 1.165) is 25.0 Å². The molecule has 0 radical (unpaired) electrons. The van der Waals surface area contributed by atoms with Crippen LogP contribution < -0.4 is 4.90 Å². The van der Waals surface area contributed by atoms with Gasteiger partial charge < -0.3 is 9.80 Å². The zero-order valence-corrected chi connectivity index (χ0v) is 20.0. The Morgan fingerprint density at radius 1 is 1.18 bits per heavy atom. The number of amides is 2. The van der Waals surface area contributed by atoms with Crippen LogP contribution in [0.3, 0.4) is 0 Å². The Balaban J connectivity index is 1.35. The van der Waals surface area contributed by atoms with Crippen LogP contribution >= 0.6 is 11.6 Å². The number of benzene rings is 1. The standard InChI is InChI=1S/C23H27ClF3N5O2/c1-14(33)30(3)20-9-28-32(13-20)22(34)31-11-15-7-19(8-16(15)12-31)29(2)10-17-6-18(23(25,26)27)4-5-21(17)24/h4-6,9,13,15-16,19H,7-8,10-12H2,1-3H3/t15-,16+,19+. The van der Waals surface area contributed by atoms with Crippen molar-refractivity contribution in [3.8, 4) is 0 Å². The van der Waals surface area contributed by atoms with Crippen molar-refractivity contribution in [3.63, 3.8) is 0 Å². The number of rotatable bonds is 4. The summed E-state index contributed by atoms with van der Waals surface area (Å²) < 4.78 is 40.5. The van der Waals surface area contributed by atoms with Gasteiger partial charge in [-0.15, -0.1) is 0 Å². The first-order chi connectivity index (χ1) is 15.9. The smallest absolute Gasteiger partial charge is 0.322 e. The maximum Gasteiger partial charge on any atom is 0.416 e. The molecule has 2 fully saturated rings. The van der Waals surface area contributed by atoms with Crippen LogP contribution in [0, 0.1) is 11.8 Å². The molecule has 1 aliphatic carbocycles. The minimum atomic E-state index is -4.41. The van der Waals surface area contributed by atoms with Crippen molar-refractivity contribution in [1.29, 1.82) is 0 Å². The Morgan fingerprint density at radius 2 is 1.82 bits per heavy atom. The molecule has 1 saturated heterocycles. The highest BCUT2D eigenvalue weighted by Gasteiger charge is 2.44. The van der Waals surface area contributed by atoms with E-state index in [1.165, 1.54) is 28.8 Å². The second-order valence-electron chi connectivity index (χ2n) is 9.27. The van der Waals surface area contributed by atoms with E-state index in [9.17, 15) is 22.8 Å². The average Bonchev–Trinajstić information content (AvgIpc) is 3.48. The summed E-state index contributed by atoms with van der Waals surface area (Å²) in [6.45, 7) is 2.98. The number of anilines is 1. The van der Waals surface area contributed by atoms with Crippen LogP contribution in [0.2, 0.25) is 5.02 Å². The summed E-state index contributed by atoms with van der Waals surface area (Å²) in [5, 5.41) is 4.43. The predicted octanol–water partition coefficient (Wildman–Crippen LogP) is 4.35. The van der Waals surface area contributed by atoms with Crippen molar-refractivity contribution in [2.24, 2.45) is 11.8 Å². The van der Waals surface area contributed by atoms with Crippen LogP contribution in [0.15, 0.2) is 30.6 Å². The van der Waals surface area contributed by atoms with Gasteiger partial charge in [0.25, 0.3) is 0 Å². The Kier molecular flexibility index (Phi) is 6.65. The number of nitrogens with zero attached hydrogens (tertiary/aromatic N) is 5. The molecule has 0 unspecified atom stereocenters. The molecule has 34 heavy (non-hydrogen) atoms. The number of alkyl halides is 3. The topological polar surface area (TPSA) is 61.7 Å². The first kappa shape index (κ1) is 24.5. The molecular weight excluding hydrogens is 471 g/mol. The molecule has 3 atom stereocenters. The molecule has 1 aliphatic heterocycles. The van der Waals surface area contributed by atoms with Crippen LogP contribution in [0.25, 0.3) is 0 Å². The number of halogens is 4. The molecule has 0 N–H and O–H groups in total. The third kappa shape index (κ3) is 4.93. The lowest BCUT2D eigenvalue weighted by Crippen LogP contribution is -2.36. The third-order valence-corrected chi connectivity index (χ3v) is 7.41. The summed E-state index contributed by atoms with van der Waals surface area (Å²) in [4.78, 5) is 29.7. The fourth-order valence-electron chi connectivity index (χ4n) is 4.97. The molecule has 1 aromatic carbocycles. The van der Waals surface area contributed by atoms with Crippen molar-refractivity contribution >= 4 is 29.2 Å². The maximum absolute atomic E-state index is 13.1. The number of carbonyl (C=O) groups excluding carboxylic acids is 2. The molecule has 2 aliphatic rings. The molecule has 2 heterocycles. The zero-order chi connectivity index (χ0) is 24.8. The average molecular weight is 498 g/mol. The zero-order valence-electron chi connectivity index (χ0n) is 19.2. The molecule has 0 bridgehead atoms. The van der Waals surface area contributed by atoms with E-state index in [4.69, 9.17) is 11.6 Å². The van der Waals surface area contributed by atoms with Gasteiger partial charge >= 0.3 is 12.2 Å². The van der Waals surface area contributed by atoms with Crippen LogP contribution in [0.4, 0.5) is 23.7 Å². The molecule has 0 spiro atoms. The van der Waals surface area contributed by atoms with Gasteiger partial charge in [0.2, 0.25) is 5.91 Å². The Morgan fingerprint density at radius 3 is 2.41 bits per heavy atom. The minimum absolute atomic E-state index is 0.149. The Hall–Kier alpha value is -2.59. The molecule has 11 heteroatoms. The highest BCUT2D eigenvalue weighted by atomic mass is 35.5. The number of hydrogen-bond acceptors (Lipinski definition) is 4. The van der Waals surface area contributed by atoms with Crippen LogP contribution in [0.5, 0.6) is 0 Å². The van der Waals surface area contributed by atoms with E-state index in [-0.39, 0.29) is 18.0 Å². The first-order valence-electron chi connectivity index (χ1n) is 11.1. The number of carbonyl (C=O) groups is 2. The summed E-state index contributed by atoms with van der Waals surface area (Å²) in [7, 11) is 3.53. The number of aromatic nitrogens is 2. The summed E-state index contributed by atoms with van der Waals surface area (Å²) >= 11 is 6.18. The van der Waals surface area contributed by atoms with Gasteiger partial charge in [0, 0.05) is 44.7 Å². The molecule has 2 amide bonds. The SMILES string of the molecule is CC(=O)N(C)c1cnn(C(=O)N2C[C@H]3C[C@H](N(C)Cc4cc(C(F)(F)F)ccc4Cl)C[C@H]3C2)c1. The van der Waals surface area contributed by atoms with Crippen molar-refractivity contribution in [2.45, 2.75) is 38.5 Å². The Labute approximate surface area is 201 Å². The molecule has 4 rings (SSSR count). The van der Waals surface area contributed by atoms with Crippen molar-refractivity contribution in [1.82, 2.24) is 19.6 Å². The highest BCUT2D eigenvalue weighted by molar-refractivity contribution is 6.31. The molecular formula is C23H27ClF3N5O2. The molecule has 1 saturated carbocycles. The van der Waals surface area contributed by atoms with Crippen molar-refractivity contribution in [2.75, 3.05) is 32.1 Å². The summed E-state index contributed by atoms with van der Waals surface area (Å²) in [5.41, 5.74) is 0.307. The fraction of sp³-hybridized carbons (Fsp3) is 0.522. The van der Waals surface area contributed by atoms with Crippen molar-refractivity contribution in [3.05, 3.63) is 46.7 Å². The van der Waals surface area contributed by atoms with Crippen LogP contribution in [-0.4, -0.2) is 64.7 Å². The molecule has 2 aromatic rings. The predicted molar refractivity (Wildman–Crippen MR) is 122 cm³/mol. The molecule has 184 valence electrons. The van der Waals surface area contributed by atoms with E-state index in [0.29, 0.717) is 47.7 Å². The van der Waals surface area contributed by atoms with Gasteiger partial charge in [0.15, 0.2) is 0 Å². The lowest BCUT2D eigenvalue weighted by Gasteiger charge is -2.27. The second-order valence-corrected chi connectivity index (χ2v) is 9.68.